The third-order valence-corrected chi connectivity index (χ3v) is 4.15. The fourth-order valence-electron chi connectivity index (χ4n) is 2.45. The number of rotatable bonds is 2. The van der Waals surface area contributed by atoms with Crippen LogP contribution in [0, 0.1) is 11.5 Å². The van der Waals surface area contributed by atoms with E-state index in [0.717, 1.165) is 25.9 Å². The summed E-state index contributed by atoms with van der Waals surface area (Å²) >= 11 is 1.36. The highest BCUT2D eigenvalue weighted by molar-refractivity contribution is 8.13. The summed E-state index contributed by atoms with van der Waals surface area (Å²) in [4.78, 5) is 18.9. The average Bonchev–Trinajstić information content (AvgIpc) is 2.83. The summed E-state index contributed by atoms with van der Waals surface area (Å²) in [6, 6.07) is 7.26. The van der Waals surface area contributed by atoms with Crippen molar-refractivity contribution in [1.29, 1.82) is 5.26 Å². The van der Waals surface area contributed by atoms with Crippen molar-refractivity contribution >= 4 is 28.5 Å². The van der Waals surface area contributed by atoms with Gasteiger partial charge in [-0.2, -0.15) is 5.26 Å². The highest BCUT2D eigenvalue weighted by Crippen LogP contribution is 2.19. The molecule has 0 atom stereocenters. The summed E-state index contributed by atoms with van der Waals surface area (Å²) in [6.07, 6.45) is 8.25. The summed E-state index contributed by atoms with van der Waals surface area (Å²) in [5, 5.41) is 11.7. The molecular formula is C16H20N4OS. The first-order chi connectivity index (χ1) is 10.7. The minimum absolute atomic E-state index is 0.0675. The lowest BCUT2D eigenvalue weighted by Crippen LogP contribution is -2.31. The fraction of sp³-hybridized carbons (Fsp3) is 0.438. The van der Waals surface area contributed by atoms with Crippen molar-refractivity contribution in [2.45, 2.75) is 25.7 Å². The van der Waals surface area contributed by atoms with Gasteiger partial charge in [-0.3, -0.25) is 10.1 Å². The SMILES string of the molecule is CSC(=Nc1cccc(C(=O)N2CCCCCC2)c1)NC#N. The maximum absolute atomic E-state index is 12.6. The van der Waals surface area contributed by atoms with Gasteiger partial charge in [0.15, 0.2) is 11.4 Å². The molecule has 1 aromatic carbocycles. The molecule has 0 bridgehead atoms. The molecule has 1 saturated heterocycles. The molecule has 6 heteroatoms. The second-order valence-corrected chi connectivity index (χ2v) is 5.91. The largest absolute Gasteiger partial charge is 0.339 e. The van der Waals surface area contributed by atoms with Crippen molar-refractivity contribution in [1.82, 2.24) is 10.2 Å². The van der Waals surface area contributed by atoms with Crippen LogP contribution in [0.2, 0.25) is 0 Å². The second kappa shape index (κ2) is 8.44. The zero-order valence-electron chi connectivity index (χ0n) is 12.7. The predicted molar refractivity (Wildman–Crippen MR) is 90.2 cm³/mol. The van der Waals surface area contributed by atoms with E-state index in [2.05, 4.69) is 10.3 Å². The summed E-state index contributed by atoms with van der Waals surface area (Å²) in [6.45, 7) is 1.66. The van der Waals surface area contributed by atoms with E-state index >= 15 is 0 Å². The number of amidine groups is 1. The van der Waals surface area contributed by atoms with E-state index in [1.54, 1.807) is 6.07 Å². The van der Waals surface area contributed by atoms with Gasteiger partial charge in [-0.05, 0) is 37.3 Å². The molecule has 1 amide bonds. The first kappa shape index (κ1) is 16.4. The fourth-order valence-corrected chi connectivity index (χ4v) is 2.80. The Morgan fingerprint density at radius 3 is 2.68 bits per heavy atom. The Bertz CT molecular complexity index is 586. The number of thioether (sulfide) groups is 1. The number of nitrogens with zero attached hydrogens (tertiary/aromatic N) is 3. The Morgan fingerprint density at radius 2 is 2.05 bits per heavy atom. The summed E-state index contributed by atoms with van der Waals surface area (Å²) in [7, 11) is 0. The van der Waals surface area contributed by atoms with Crippen LogP contribution in [0.4, 0.5) is 5.69 Å². The number of aliphatic imine (C=N–C) groups is 1. The Hall–Kier alpha value is -2.00. The second-order valence-electron chi connectivity index (χ2n) is 5.11. The maximum atomic E-state index is 12.6. The van der Waals surface area contributed by atoms with Gasteiger partial charge < -0.3 is 4.90 Å². The molecule has 2 rings (SSSR count). The van der Waals surface area contributed by atoms with E-state index in [0.29, 0.717) is 16.4 Å². The first-order valence-electron chi connectivity index (χ1n) is 7.41. The molecule has 1 heterocycles. The number of hydrogen-bond acceptors (Lipinski definition) is 4. The molecule has 1 aliphatic rings. The van der Waals surface area contributed by atoms with Crippen LogP contribution in [0.3, 0.4) is 0 Å². The van der Waals surface area contributed by atoms with Crippen molar-refractivity contribution in [3.05, 3.63) is 29.8 Å². The topological polar surface area (TPSA) is 68.5 Å². The Morgan fingerprint density at radius 1 is 1.32 bits per heavy atom. The van der Waals surface area contributed by atoms with Crippen molar-refractivity contribution in [2.75, 3.05) is 19.3 Å². The summed E-state index contributed by atoms with van der Waals surface area (Å²) in [5.41, 5.74) is 1.33. The van der Waals surface area contributed by atoms with Crippen LogP contribution in [0.1, 0.15) is 36.0 Å². The standard InChI is InChI=1S/C16H20N4OS/c1-22-16(18-12-17)19-14-8-6-7-13(11-14)15(21)20-9-4-2-3-5-10-20/h6-8,11H,2-5,9-10H2,1H3,(H,18,19). The van der Waals surface area contributed by atoms with Crippen LogP contribution < -0.4 is 5.32 Å². The molecular weight excluding hydrogens is 296 g/mol. The maximum Gasteiger partial charge on any atom is 0.253 e. The number of benzene rings is 1. The number of likely N-dealkylation sites (tertiary alicyclic amines) is 1. The van der Waals surface area contributed by atoms with Crippen molar-refractivity contribution in [3.8, 4) is 6.19 Å². The molecule has 5 nitrogen and oxygen atoms in total. The van der Waals surface area contributed by atoms with E-state index in [1.165, 1.54) is 24.6 Å². The number of nitrogens with one attached hydrogen (secondary N) is 1. The van der Waals surface area contributed by atoms with E-state index in [1.807, 2.05) is 35.5 Å². The van der Waals surface area contributed by atoms with Crippen molar-refractivity contribution < 1.29 is 4.79 Å². The highest BCUT2D eigenvalue weighted by atomic mass is 32.2. The molecule has 1 aliphatic heterocycles. The summed E-state index contributed by atoms with van der Waals surface area (Å²) < 4.78 is 0. The van der Waals surface area contributed by atoms with Crippen LogP contribution >= 0.6 is 11.8 Å². The molecule has 22 heavy (non-hydrogen) atoms. The van der Waals surface area contributed by atoms with Gasteiger partial charge in [0.25, 0.3) is 5.91 Å². The first-order valence-corrected chi connectivity index (χ1v) is 8.64. The minimum atomic E-state index is 0.0675. The van der Waals surface area contributed by atoms with Crippen LogP contribution in [0.15, 0.2) is 29.3 Å². The molecule has 0 unspecified atom stereocenters. The molecule has 1 N–H and O–H groups in total. The summed E-state index contributed by atoms with van der Waals surface area (Å²) in [5.74, 6) is 0.0675. The number of carbonyl (C=O) groups excluding carboxylic acids is 1. The molecule has 0 spiro atoms. The highest BCUT2D eigenvalue weighted by Gasteiger charge is 2.17. The predicted octanol–water partition coefficient (Wildman–Crippen LogP) is 3.12. The molecule has 0 saturated carbocycles. The number of hydrogen-bond donors (Lipinski definition) is 1. The Labute approximate surface area is 135 Å². The van der Waals surface area contributed by atoms with Crippen LogP contribution in [-0.2, 0) is 0 Å². The van der Waals surface area contributed by atoms with Gasteiger partial charge in [-0.1, -0.05) is 30.7 Å². The number of amides is 1. The van der Waals surface area contributed by atoms with Crippen LogP contribution in [-0.4, -0.2) is 35.3 Å². The Kier molecular flexibility index (Phi) is 6.28. The van der Waals surface area contributed by atoms with E-state index < -0.39 is 0 Å². The van der Waals surface area contributed by atoms with Crippen molar-refractivity contribution in [3.63, 3.8) is 0 Å². The van der Waals surface area contributed by atoms with E-state index in [9.17, 15) is 4.79 Å². The van der Waals surface area contributed by atoms with Crippen molar-refractivity contribution in [2.24, 2.45) is 4.99 Å². The lowest BCUT2D eigenvalue weighted by Gasteiger charge is -2.20. The smallest absolute Gasteiger partial charge is 0.253 e. The number of nitriles is 1. The Balaban J connectivity index is 2.16. The zero-order chi connectivity index (χ0) is 15.8. The molecule has 1 fully saturated rings. The zero-order valence-corrected chi connectivity index (χ0v) is 13.5. The van der Waals surface area contributed by atoms with Gasteiger partial charge >= 0.3 is 0 Å². The average molecular weight is 316 g/mol. The third-order valence-electron chi connectivity index (χ3n) is 3.57. The van der Waals surface area contributed by atoms with Gasteiger partial charge in [0.1, 0.15) is 0 Å². The van der Waals surface area contributed by atoms with Crippen LogP contribution in [0.5, 0.6) is 0 Å². The van der Waals surface area contributed by atoms with E-state index in [-0.39, 0.29) is 5.91 Å². The lowest BCUT2D eigenvalue weighted by molar-refractivity contribution is 0.0761. The van der Waals surface area contributed by atoms with Gasteiger partial charge in [-0.15, -0.1) is 0 Å². The monoisotopic (exact) mass is 316 g/mol. The van der Waals surface area contributed by atoms with E-state index in [4.69, 9.17) is 5.26 Å². The third kappa shape index (κ3) is 4.50. The van der Waals surface area contributed by atoms with Gasteiger partial charge in [0.05, 0.1) is 5.69 Å². The van der Waals surface area contributed by atoms with Gasteiger partial charge in [0, 0.05) is 18.7 Å². The molecule has 0 aromatic heterocycles. The number of carbonyl (C=O) groups is 1. The molecule has 116 valence electrons. The normalized spacial score (nSPS) is 15.8. The quantitative estimate of drug-likeness (QED) is 0.394. The molecule has 0 aliphatic carbocycles. The minimum Gasteiger partial charge on any atom is -0.339 e. The molecule has 0 radical (unpaired) electrons. The lowest BCUT2D eigenvalue weighted by atomic mass is 10.1. The van der Waals surface area contributed by atoms with Gasteiger partial charge in [-0.25, -0.2) is 4.99 Å². The van der Waals surface area contributed by atoms with Gasteiger partial charge in [0.2, 0.25) is 0 Å². The molecule has 1 aromatic rings. The van der Waals surface area contributed by atoms with Crippen LogP contribution in [0.25, 0.3) is 0 Å².